The first-order chi connectivity index (χ1) is 11.3. The number of fused-ring (bicyclic) bond motifs is 3. The van der Waals surface area contributed by atoms with Gasteiger partial charge in [0.1, 0.15) is 0 Å². The third kappa shape index (κ3) is 2.22. The number of nitrogens with one attached hydrogen (secondary N) is 2. The molecular weight excluding hydrogens is 316 g/mol. The second-order valence-corrected chi connectivity index (χ2v) is 9.14. The van der Waals surface area contributed by atoms with Crippen molar-refractivity contribution in [3.8, 4) is 0 Å². The minimum absolute atomic E-state index is 0.0967. The summed E-state index contributed by atoms with van der Waals surface area (Å²) < 4.78 is 0. The molecule has 0 spiro atoms. The van der Waals surface area contributed by atoms with E-state index in [1.54, 1.807) is 0 Å². The van der Waals surface area contributed by atoms with Crippen molar-refractivity contribution in [1.82, 2.24) is 10.6 Å². The van der Waals surface area contributed by atoms with Crippen LogP contribution in [0.3, 0.4) is 0 Å². The fourth-order valence-electron chi connectivity index (χ4n) is 5.51. The molecule has 0 heterocycles. The van der Waals surface area contributed by atoms with E-state index in [4.69, 9.17) is 12.2 Å². The van der Waals surface area contributed by atoms with Gasteiger partial charge in [0.15, 0.2) is 5.11 Å². The summed E-state index contributed by atoms with van der Waals surface area (Å²) in [6.07, 6.45) is 4.12. The van der Waals surface area contributed by atoms with Gasteiger partial charge in [0.25, 0.3) is 0 Å². The third-order valence-corrected chi connectivity index (χ3v) is 7.83. The lowest BCUT2D eigenvalue weighted by molar-refractivity contribution is 0.127. The van der Waals surface area contributed by atoms with Gasteiger partial charge in [-0.2, -0.15) is 0 Å². The predicted octanol–water partition coefficient (Wildman–Crippen LogP) is 3.32. The zero-order valence-electron chi connectivity index (χ0n) is 14.8. The number of benzene rings is 1. The Labute approximate surface area is 150 Å². The van der Waals surface area contributed by atoms with Crippen molar-refractivity contribution in [2.24, 2.45) is 16.7 Å². The lowest BCUT2D eigenvalue weighted by Crippen LogP contribution is -2.51. The highest BCUT2D eigenvalue weighted by Gasteiger charge is 2.61. The molecule has 0 aromatic heterocycles. The second kappa shape index (κ2) is 5.43. The number of hydrogen-bond donors (Lipinski definition) is 3. The maximum atomic E-state index is 10.4. The Morgan fingerprint density at radius 3 is 2.62 bits per heavy atom. The van der Waals surface area contributed by atoms with E-state index in [-0.39, 0.29) is 6.04 Å². The van der Waals surface area contributed by atoms with Gasteiger partial charge in [-0.05, 0) is 59.4 Å². The van der Waals surface area contributed by atoms with Crippen molar-refractivity contribution >= 4 is 17.3 Å². The second-order valence-electron chi connectivity index (χ2n) is 8.73. The Balaban J connectivity index is 1.45. The number of rotatable bonds is 2. The van der Waals surface area contributed by atoms with Crippen LogP contribution in [0.4, 0.5) is 0 Å². The van der Waals surface area contributed by atoms with Crippen molar-refractivity contribution in [3.63, 3.8) is 0 Å². The van der Waals surface area contributed by atoms with Crippen molar-refractivity contribution in [1.29, 1.82) is 0 Å². The lowest BCUT2D eigenvalue weighted by Gasteiger charge is -2.40. The molecule has 0 saturated heterocycles. The van der Waals surface area contributed by atoms with Crippen LogP contribution in [0.25, 0.3) is 0 Å². The first kappa shape index (κ1) is 16.3. The van der Waals surface area contributed by atoms with Crippen LogP contribution in [-0.4, -0.2) is 22.4 Å². The van der Waals surface area contributed by atoms with Gasteiger partial charge >= 0.3 is 0 Å². The molecule has 2 saturated carbocycles. The quantitative estimate of drug-likeness (QED) is 0.720. The van der Waals surface area contributed by atoms with E-state index in [1.807, 2.05) is 12.1 Å². The molecule has 1 aromatic carbocycles. The van der Waals surface area contributed by atoms with Gasteiger partial charge in [-0.3, -0.25) is 0 Å². The van der Waals surface area contributed by atoms with Crippen LogP contribution in [0.15, 0.2) is 24.3 Å². The number of aliphatic hydroxyl groups excluding tert-OH is 1. The molecule has 3 nitrogen and oxygen atoms in total. The van der Waals surface area contributed by atoms with Crippen LogP contribution in [0.5, 0.6) is 0 Å². The Bertz CT molecular complexity index is 673. The van der Waals surface area contributed by atoms with E-state index in [0.29, 0.717) is 28.4 Å². The van der Waals surface area contributed by atoms with Gasteiger partial charge in [0.05, 0.1) is 12.1 Å². The highest BCUT2D eigenvalue weighted by molar-refractivity contribution is 7.80. The molecule has 2 fully saturated rings. The topological polar surface area (TPSA) is 44.3 Å². The number of hydrogen-bond acceptors (Lipinski definition) is 2. The zero-order valence-corrected chi connectivity index (χ0v) is 15.6. The van der Waals surface area contributed by atoms with Crippen molar-refractivity contribution in [2.75, 3.05) is 0 Å². The van der Waals surface area contributed by atoms with Crippen LogP contribution in [0.1, 0.15) is 57.2 Å². The smallest absolute Gasteiger partial charge is 0.167 e. The molecule has 4 rings (SSSR count). The molecule has 1 aromatic rings. The Morgan fingerprint density at radius 2 is 1.96 bits per heavy atom. The Hall–Kier alpha value is -1.13. The van der Waals surface area contributed by atoms with E-state index in [9.17, 15) is 5.11 Å². The van der Waals surface area contributed by atoms with Crippen LogP contribution in [0.2, 0.25) is 0 Å². The summed E-state index contributed by atoms with van der Waals surface area (Å²) in [5, 5.41) is 18.1. The van der Waals surface area contributed by atoms with E-state index in [1.165, 1.54) is 30.4 Å². The summed E-state index contributed by atoms with van der Waals surface area (Å²) in [6, 6.07) is 8.58. The maximum Gasteiger partial charge on any atom is 0.167 e. The van der Waals surface area contributed by atoms with Crippen molar-refractivity contribution < 1.29 is 5.11 Å². The highest BCUT2D eigenvalue weighted by Crippen LogP contribution is 2.65. The highest BCUT2D eigenvalue weighted by atomic mass is 32.1. The van der Waals surface area contributed by atoms with Crippen LogP contribution in [0, 0.1) is 16.7 Å². The van der Waals surface area contributed by atoms with Crippen LogP contribution < -0.4 is 10.6 Å². The minimum atomic E-state index is -0.408. The monoisotopic (exact) mass is 344 g/mol. The van der Waals surface area contributed by atoms with E-state index >= 15 is 0 Å². The molecule has 24 heavy (non-hydrogen) atoms. The average molecular weight is 345 g/mol. The summed E-state index contributed by atoms with van der Waals surface area (Å²) in [6.45, 7) is 7.25. The van der Waals surface area contributed by atoms with E-state index < -0.39 is 6.10 Å². The molecule has 0 radical (unpaired) electrons. The molecule has 2 bridgehead atoms. The molecule has 4 heteroatoms. The Kier molecular flexibility index (Phi) is 3.70. The van der Waals surface area contributed by atoms with Gasteiger partial charge in [-0.25, -0.2) is 0 Å². The molecular formula is C20H28N2OS. The summed E-state index contributed by atoms with van der Waals surface area (Å²) in [7, 11) is 0. The van der Waals surface area contributed by atoms with Gasteiger partial charge in [0.2, 0.25) is 0 Å². The lowest BCUT2D eigenvalue weighted by atomic mass is 9.69. The number of thiocarbonyl (C=S) groups is 1. The van der Waals surface area contributed by atoms with E-state index in [2.05, 4.69) is 43.5 Å². The van der Waals surface area contributed by atoms with Crippen molar-refractivity contribution in [3.05, 3.63) is 35.4 Å². The Morgan fingerprint density at radius 1 is 1.21 bits per heavy atom. The van der Waals surface area contributed by atoms with Crippen molar-refractivity contribution in [2.45, 2.75) is 64.6 Å². The largest absolute Gasteiger partial charge is 0.390 e. The standard InChI is InChI=1S/C20H28N2OS/c1-19(2)13-8-9-20(19,3)16(11-13)21-18(24)22-17-14-7-5-4-6-12(14)10-15(17)23/h4-7,13,15-17,23H,8-11H2,1-3H3,(H2,21,22,24)/t13?,15-,16?,17+,20?/m0/s1. The molecule has 0 aliphatic heterocycles. The van der Waals surface area contributed by atoms with Crippen LogP contribution in [-0.2, 0) is 6.42 Å². The van der Waals surface area contributed by atoms with Crippen LogP contribution >= 0.6 is 12.2 Å². The van der Waals surface area contributed by atoms with Gasteiger partial charge in [-0.1, -0.05) is 45.0 Å². The molecule has 3 aliphatic carbocycles. The first-order valence-corrected chi connectivity index (χ1v) is 9.56. The zero-order chi connectivity index (χ0) is 17.1. The molecule has 130 valence electrons. The maximum absolute atomic E-state index is 10.4. The summed E-state index contributed by atoms with van der Waals surface area (Å²) in [5.74, 6) is 0.792. The SMILES string of the molecule is CC1(C)C2CCC1(C)C(NC(=S)N[C@@H]1c3ccccc3C[C@@H]1O)C2. The number of aliphatic hydroxyl groups is 1. The third-order valence-electron chi connectivity index (χ3n) is 7.59. The fourth-order valence-corrected chi connectivity index (χ4v) is 5.78. The minimum Gasteiger partial charge on any atom is -0.390 e. The molecule has 3 aliphatic rings. The summed E-state index contributed by atoms with van der Waals surface area (Å²) in [5.41, 5.74) is 3.07. The van der Waals surface area contributed by atoms with Gasteiger partial charge < -0.3 is 15.7 Å². The molecule has 5 atom stereocenters. The predicted molar refractivity (Wildman–Crippen MR) is 101 cm³/mol. The molecule has 0 amide bonds. The summed E-state index contributed by atoms with van der Waals surface area (Å²) >= 11 is 5.62. The first-order valence-electron chi connectivity index (χ1n) is 9.16. The molecule has 3 unspecified atom stereocenters. The normalized spacial score (nSPS) is 38.8. The summed E-state index contributed by atoms with van der Waals surface area (Å²) in [4.78, 5) is 0. The fraction of sp³-hybridized carbons (Fsp3) is 0.650. The average Bonchev–Trinajstić information content (AvgIpc) is 3.02. The van der Waals surface area contributed by atoms with Gasteiger partial charge in [-0.15, -0.1) is 0 Å². The van der Waals surface area contributed by atoms with Gasteiger partial charge in [0, 0.05) is 12.5 Å². The van der Waals surface area contributed by atoms with E-state index in [0.717, 1.165) is 5.92 Å². The molecule has 3 N–H and O–H groups in total.